The second kappa shape index (κ2) is 6.13. The number of carbonyl (C=O) groups is 1. The van der Waals surface area contributed by atoms with Gasteiger partial charge < -0.3 is 5.32 Å². The maximum Gasteiger partial charge on any atom is 0.252 e. The molecule has 2 rings (SSSR count). The van der Waals surface area contributed by atoms with Crippen LogP contribution in [-0.2, 0) is 6.54 Å². The summed E-state index contributed by atoms with van der Waals surface area (Å²) in [5, 5.41) is 2.66. The van der Waals surface area contributed by atoms with Crippen LogP contribution in [0.25, 0.3) is 0 Å². The summed E-state index contributed by atoms with van der Waals surface area (Å²) >= 11 is 3.13. The Labute approximate surface area is 123 Å². The predicted octanol–water partition coefficient (Wildman–Crippen LogP) is 3.97. The van der Waals surface area contributed by atoms with Crippen LogP contribution >= 0.6 is 15.9 Å². The second-order valence-electron chi connectivity index (χ2n) is 4.39. The van der Waals surface area contributed by atoms with Crippen LogP contribution < -0.4 is 5.32 Å². The minimum Gasteiger partial charge on any atom is -0.348 e. The van der Waals surface area contributed by atoms with Gasteiger partial charge in [-0.2, -0.15) is 0 Å². The van der Waals surface area contributed by atoms with Gasteiger partial charge in [0, 0.05) is 11.0 Å². The maximum atomic E-state index is 13.4. The molecule has 0 aliphatic rings. The van der Waals surface area contributed by atoms with E-state index in [0.717, 1.165) is 0 Å². The first-order valence-corrected chi connectivity index (χ1v) is 6.75. The number of hydrogen-bond donors (Lipinski definition) is 1. The molecule has 1 N–H and O–H groups in total. The first-order valence-electron chi connectivity index (χ1n) is 5.95. The Morgan fingerprint density at radius 3 is 2.60 bits per heavy atom. The molecule has 20 heavy (non-hydrogen) atoms. The van der Waals surface area contributed by atoms with E-state index in [2.05, 4.69) is 21.2 Å². The molecular weight excluding hydrogens is 328 g/mol. The molecule has 0 bridgehead atoms. The van der Waals surface area contributed by atoms with Crippen LogP contribution in [-0.4, -0.2) is 5.91 Å². The molecule has 0 saturated heterocycles. The molecular formula is C15H12BrF2NO. The summed E-state index contributed by atoms with van der Waals surface area (Å²) in [4.78, 5) is 11.9. The number of rotatable bonds is 3. The monoisotopic (exact) mass is 339 g/mol. The average Bonchev–Trinajstić information content (AvgIpc) is 2.40. The van der Waals surface area contributed by atoms with Gasteiger partial charge in [0.1, 0.15) is 11.6 Å². The number of benzene rings is 2. The van der Waals surface area contributed by atoms with Crippen LogP contribution in [0.2, 0.25) is 0 Å². The molecule has 0 saturated carbocycles. The van der Waals surface area contributed by atoms with E-state index in [4.69, 9.17) is 0 Å². The molecule has 0 heterocycles. The van der Waals surface area contributed by atoms with Crippen molar-refractivity contribution < 1.29 is 13.6 Å². The van der Waals surface area contributed by atoms with E-state index in [1.807, 2.05) is 0 Å². The summed E-state index contributed by atoms with van der Waals surface area (Å²) in [5.74, 6) is -1.08. The summed E-state index contributed by atoms with van der Waals surface area (Å²) in [5.41, 5.74) is 1.56. The number of hydrogen-bond acceptors (Lipinski definition) is 1. The van der Waals surface area contributed by atoms with Gasteiger partial charge in [-0.15, -0.1) is 0 Å². The second-order valence-corrected chi connectivity index (χ2v) is 5.24. The summed E-state index contributed by atoms with van der Waals surface area (Å²) < 4.78 is 26.7. The quantitative estimate of drug-likeness (QED) is 0.900. The third-order valence-corrected chi connectivity index (χ3v) is 3.52. The highest BCUT2D eigenvalue weighted by atomic mass is 79.9. The molecule has 0 aliphatic heterocycles. The lowest BCUT2D eigenvalue weighted by atomic mass is 10.1. The SMILES string of the molecule is Cc1ccc(CNC(=O)c2ccc(F)cc2Br)cc1F. The highest BCUT2D eigenvalue weighted by Gasteiger charge is 2.10. The number of carbonyl (C=O) groups excluding carboxylic acids is 1. The van der Waals surface area contributed by atoms with Gasteiger partial charge in [0.05, 0.1) is 5.56 Å². The molecule has 2 aromatic rings. The van der Waals surface area contributed by atoms with Crippen molar-refractivity contribution in [3.63, 3.8) is 0 Å². The van der Waals surface area contributed by atoms with Crippen molar-refractivity contribution in [1.29, 1.82) is 0 Å². The highest BCUT2D eigenvalue weighted by molar-refractivity contribution is 9.10. The van der Waals surface area contributed by atoms with Crippen molar-refractivity contribution in [3.8, 4) is 0 Å². The molecule has 0 fully saturated rings. The number of nitrogens with one attached hydrogen (secondary N) is 1. The van der Waals surface area contributed by atoms with Crippen LogP contribution in [0.5, 0.6) is 0 Å². The predicted molar refractivity (Wildman–Crippen MR) is 76.4 cm³/mol. The molecule has 0 aromatic heterocycles. The van der Waals surface area contributed by atoms with Crippen molar-refractivity contribution in [2.75, 3.05) is 0 Å². The fraction of sp³-hybridized carbons (Fsp3) is 0.133. The van der Waals surface area contributed by atoms with Gasteiger partial charge in [-0.25, -0.2) is 8.78 Å². The molecule has 2 aromatic carbocycles. The van der Waals surface area contributed by atoms with Gasteiger partial charge in [0.2, 0.25) is 0 Å². The Kier molecular flexibility index (Phi) is 4.49. The van der Waals surface area contributed by atoms with E-state index >= 15 is 0 Å². The first kappa shape index (κ1) is 14.7. The first-order chi connectivity index (χ1) is 9.47. The zero-order valence-electron chi connectivity index (χ0n) is 10.7. The smallest absolute Gasteiger partial charge is 0.252 e. The molecule has 0 spiro atoms. The molecule has 0 atom stereocenters. The van der Waals surface area contributed by atoms with Gasteiger partial charge in [0.25, 0.3) is 5.91 Å². The van der Waals surface area contributed by atoms with E-state index < -0.39 is 5.82 Å². The van der Waals surface area contributed by atoms with Gasteiger partial charge in [-0.05, 0) is 58.2 Å². The Morgan fingerprint density at radius 2 is 1.95 bits per heavy atom. The summed E-state index contributed by atoms with van der Waals surface area (Å²) in [6.07, 6.45) is 0. The Balaban J connectivity index is 2.06. The van der Waals surface area contributed by atoms with E-state index in [9.17, 15) is 13.6 Å². The Hall–Kier alpha value is -1.75. The largest absolute Gasteiger partial charge is 0.348 e. The third kappa shape index (κ3) is 3.42. The summed E-state index contributed by atoms with van der Waals surface area (Å²) in [7, 11) is 0. The third-order valence-electron chi connectivity index (χ3n) is 2.87. The molecule has 0 unspecified atom stereocenters. The maximum absolute atomic E-state index is 13.4. The summed E-state index contributed by atoms with van der Waals surface area (Å²) in [6, 6.07) is 8.62. The number of amides is 1. The normalized spacial score (nSPS) is 10.4. The Bertz CT molecular complexity index is 658. The molecule has 2 nitrogen and oxygen atoms in total. The number of aryl methyl sites for hydroxylation is 1. The van der Waals surface area contributed by atoms with Gasteiger partial charge in [-0.1, -0.05) is 12.1 Å². The minimum absolute atomic E-state index is 0.208. The fourth-order valence-electron chi connectivity index (χ4n) is 1.70. The van der Waals surface area contributed by atoms with Crippen LogP contribution in [0.15, 0.2) is 40.9 Å². The lowest BCUT2D eigenvalue weighted by Crippen LogP contribution is -2.23. The fourth-order valence-corrected chi connectivity index (χ4v) is 2.23. The zero-order chi connectivity index (χ0) is 14.7. The number of halogens is 3. The summed E-state index contributed by atoms with van der Waals surface area (Å²) in [6.45, 7) is 1.88. The molecule has 5 heteroatoms. The molecule has 0 radical (unpaired) electrons. The van der Waals surface area contributed by atoms with Crippen molar-refractivity contribution in [1.82, 2.24) is 5.32 Å². The topological polar surface area (TPSA) is 29.1 Å². The van der Waals surface area contributed by atoms with Crippen LogP contribution in [0.3, 0.4) is 0 Å². The lowest BCUT2D eigenvalue weighted by Gasteiger charge is -2.08. The van der Waals surface area contributed by atoms with Crippen LogP contribution in [0, 0.1) is 18.6 Å². The van der Waals surface area contributed by atoms with Crippen molar-refractivity contribution in [2.45, 2.75) is 13.5 Å². The lowest BCUT2D eigenvalue weighted by molar-refractivity contribution is 0.0950. The van der Waals surface area contributed by atoms with Gasteiger partial charge in [0.15, 0.2) is 0 Å². The minimum atomic E-state index is -0.422. The van der Waals surface area contributed by atoms with Gasteiger partial charge in [-0.3, -0.25) is 4.79 Å². The Morgan fingerprint density at radius 1 is 1.20 bits per heavy atom. The van der Waals surface area contributed by atoms with Crippen molar-refractivity contribution in [2.24, 2.45) is 0 Å². The molecule has 104 valence electrons. The van der Waals surface area contributed by atoms with E-state index in [1.165, 1.54) is 24.3 Å². The van der Waals surface area contributed by atoms with Crippen LogP contribution in [0.4, 0.5) is 8.78 Å². The van der Waals surface area contributed by atoms with Crippen LogP contribution in [0.1, 0.15) is 21.5 Å². The van der Waals surface area contributed by atoms with E-state index in [0.29, 0.717) is 21.2 Å². The average molecular weight is 340 g/mol. The van der Waals surface area contributed by atoms with E-state index in [-0.39, 0.29) is 18.3 Å². The standard InChI is InChI=1S/C15H12BrF2NO/c1-9-2-3-10(6-14(9)18)8-19-15(20)12-5-4-11(17)7-13(12)16/h2-7H,8H2,1H3,(H,19,20). The van der Waals surface area contributed by atoms with Crippen molar-refractivity contribution >= 4 is 21.8 Å². The highest BCUT2D eigenvalue weighted by Crippen LogP contribution is 2.18. The van der Waals surface area contributed by atoms with Gasteiger partial charge >= 0.3 is 0 Å². The van der Waals surface area contributed by atoms with E-state index in [1.54, 1.807) is 19.1 Å². The molecule has 1 amide bonds. The van der Waals surface area contributed by atoms with Crippen molar-refractivity contribution in [3.05, 3.63) is 69.2 Å². The molecule has 0 aliphatic carbocycles. The zero-order valence-corrected chi connectivity index (χ0v) is 12.3.